The zero-order chi connectivity index (χ0) is 20.4. The first-order valence-corrected chi connectivity index (χ1v) is 9.98. The van der Waals surface area contributed by atoms with Gasteiger partial charge in [0.2, 0.25) is 0 Å². The van der Waals surface area contributed by atoms with Crippen molar-refractivity contribution < 1.29 is 18.6 Å². The maximum absolute atomic E-state index is 6.31. The van der Waals surface area contributed by atoms with Gasteiger partial charge in [-0.25, -0.2) is 0 Å². The minimum absolute atomic E-state index is 0.206. The average Bonchev–Trinajstić information content (AvgIpc) is 3.24. The summed E-state index contributed by atoms with van der Waals surface area (Å²) in [6.07, 6.45) is 2.39. The van der Waals surface area contributed by atoms with Gasteiger partial charge in [0.1, 0.15) is 11.3 Å². The maximum Gasteiger partial charge on any atom is 0.161 e. The molecule has 2 aromatic carbocycles. The third kappa shape index (κ3) is 4.01. The molecule has 5 heteroatoms. The van der Waals surface area contributed by atoms with Crippen LogP contribution in [-0.2, 0) is 4.74 Å². The molecule has 2 heterocycles. The highest BCUT2D eigenvalue weighted by Crippen LogP contribution is 2.33. The lowest BCUT2D eigenvalue weighted by molar-refractivity contribution is 0.117. The van der Waals surface area contributed by atoms with E-state index in [9.17, 15) is 0 Å². The van der Waals surface area contributed by atoms with E-state index in [-0.39, 0.29) is 6.10 Å². The van der Waals surface area contributed by atoms with Crippen molar-refractivity contribution in [1.82, 2.24) is 0 Å². The van der Waals surface area contributed by atoms with Crippen LogP contribution in [0.2, 0.25) is 0 Å². The summed E-state index contributed by atoms with van der Waals surface area (Å²) in [4.78, 5) is 4.93. The first-order chi connectivity index (χ1) is 14.1. The molecule has 0 amide bonds. The molecule has 0 bridgehead atoms. The first kappa shape index (κ1) is 19.5. The number of ether oxygens (including phenoxy) is 3. The highest BCUT2D eigenvalue weighted by Gasteiger charge is 2.16. The Morgan fingerprint density at radius 2 is 1.86 bits per heavy atom. The molecule has 0 spiro atoms. The Balaban J connectivity index is 1.88. The van der Waals surface area contributed by atoms with E-state index in [1.165, 1.54) is 0 Å². The van der Waals surface area contributed by atoms with Crippen LogP contribution in [0.1, 0.15) is 24.0 Å². The molecule has 1 fully saturated rings. The number of hydrogen-bond acceptors (Lipinski definition) is 5. The molecule has 1 aliphatic heterocycles. The molecule has 29 heavy (non-hydrogen) atoms. The van der Waals surface area contributed by atoms with Gasteiger partial charge in [-0.15, -0.1) is 0 Å². The molecule has 1 atom stereocenters. The maximum atomic E-state index is 6.31. The van der Waals surface area contributed by atoms with E-state index >= 15 is 0 Å². The van der Waals surface area contributed by atoms with E-state index in [4.69, 9.17) is 23.6 Å². The molecule has 1 aromatic heterocycles. The molecular weight excluding hydrogens is 366 g/mol. The number of methoxy groups -OCH3 is 2. The Kier molecular flexibility index (Phi) is 5.58. The van der Waals surface area contributed by atoms with Crippen LogP contribution in [0.4, 0.5) is 0 Å². The number of aryl methyl sites for hydroxylation is 2. The van der Waals surface area contributed by atoms with Crippen LogP contribution >= 0.6 is 0 Å². The van der Waals surface area contributed by atoms with Gasteiger partial charge in [-0.05, 0) is 62.1 Å². The Morgan fingerprint density at radius 1 is 1.03 bits per heavy atom. The Labute approximate surface area is 170 Å². The zero-order valence-corrected chi connectivity index (χ0v) is 17.5. The third-order valence-corrected chi connectivity index (χ3v) is 5.34. The predicted molar refractivity (Wildman–Crippen MR) is 114 cm³/mol. The van der Waals surface area contributed by atoms with Gasteiger partial charge in [0.25, 0.3) is 0 Å². The zero-order valence-electron chi connectivity index (χ0n) is 17.5. The molecule has 0 aliphatic carbocycles. The predicted octanol–water partition coefficient (Wildman–Crippen LogP) is 4.81. The standard InChI is InChI=1S/C24H27NO4/c1-15-10-16(2)24-19(25-14-18-6-5-9-28-18)13-21(29-23(24)11-15)17-7-8-20(26-3)22(12-17)27-4/h7-8,10-13,18H,5-6,9,14H2,1-4H3/t18-/m0/s1. The summed E-state index contributed by atoms with van der Waals surface area (Å²) in [5.74, 6) is 2.10. The lowest BCUT2D eigenvalue weighted by Gasteiger charge is -2.12. The Bertz CT molecular complexity index is 1090. The summed E-state index contributed by atoms with van der Waals surface area (Å²) in [6.45, 7) is 5.68. The topological polar surface area (TPSA) is 53.2 Å². The van der Waals surface area contributed by atoms with Crippen molar-refractivity contribution in [3.05, 3.63) is 52.9 Å². The van der Waals surface area contributed by atoms with Crippen molar-refractivity contribution >= 4 is 11.0 Å². The quantitative estimate of drug-likeness (QED) is 0.624. The van der Waals surface area contributed by atoms with E-state index in [2.05, 4.69) is 26.0 Å². The molecule has 4 rings (SSSR count). The Morgan fingerprint density at radius 3 is 2.59 bits per heavy atom. The molecule has 0 radical (unpaired) electrons. The number of benzene rings is 2. The summed E-state index contributed by atoms with van der Waals surface area (Å²) in [5.41, 5.74) is 4.07. The molecule has 3 aromatic rings. The highest BCUT2D eigenvalue weighted by atomic mass is 16.5. The van der Waals surface area contributed by atoms with Crippen molar-refractivity contribution in [2.75, 3.05) is 27.4 Å². The van der Waals surface area contributed by atoms with Crippen LogP contribution in [0.5, 0.6) is 11.5 Å². The highest BCUT2D eigenvalue weighted by molar-refractivity contribution is 5.82. The fraction of sp³-hybridized carbons (Fsp3) is 0.375. The van der Waals surface area contributed by atoms with Crippen LogP contribution in [0.25, 0.3) is 22.3 Å². The lowest BCUT2D eigenvalue weighted by atomic mass is 10.0. The van der Waals surface area contributed by atoms with Crippen LogP contribution in [-0.4, -0.2) is 33.5 Å². The van der Waals surface area contributed by atoms with Gasteiger partial charge in [0.05, 0.1) is 32.2 Å². The summed E-state index contributed by atoms with van der Waals surface area (Å²) >= 11 is 0. The average molecular weight is 393 g/mol. The lowest BCUT2D eigenvalue weighted by Crippen LogP contribution is -2.14. The van der Waals surface area contributed by atoms with Crippen molar-refractivity contribution in [2.45, 2.75) is 32.8 Å². The third-order valence-electron chi connectivity index (χ3n) is 5.34. The smallest absolute Gasteiger partial charge is 0.161 e. The van der Waals surface area contributed by atoms with Crippen LogP contribution < -0.4 is 14.8 Å². The minimum Gasteiger partial charge on any atom is -0.493 e. The second-order valence-electron chi connectivity index (χ2n) is 7.50. The summed E-state index contributed by atoms with van der Waals surface area (Å²) in [7, 11) is 3.26. The van der Waals surface area contributed by atoms with Crippen LogP contribution in [0, 0.1) is 13.8 Å². The fourth-order valence-corrected chi connectivity index (χ4v) is 3.93. The number of nitrogens with zero attached hydrogens (tertiary/aromatic N) is 1. The normalized spacial score (nSPS) is 17.1. The number of rotatable bonds is 5. The molecule has 5 nitrogen and oxygen atoms in total. The van der Waals surface area contributed by atoms with Crippen LogP contribution in [0.3, 0.4) is 0 Å². The molecule has 152 valence electrons. The Hall–Kier alpha value is -2.79. The first-order valence-electron chi connectivity index (χ1n) is 9.98. The van der Waals surface area contributed by atoms with Gasteiger partial charge < -0.3 is 18.6 Å². The van der Waals surface area contributed by atoms with Crippen molar-refractivity contribution in [3.63, 3.8) is 0 Å². The molecule has 0 N–H and O–H groups in total. The summed E-state index contributed by atoms with van der Waals surface area (Å²) in [5, 5.41) is 1.99. The second kappa shape index (κ2) is 8.29. The van der Waals surface area contributed by atoms with Crippen LogP contribution in [0.15, 0.2) is 45.8 Å². The molecule has 1 aliphatic rings. The number of hydrogen-bond donors (Lipinski definition) is 0. The fourth-order valence-electron chi connectivity index (χ4n) is 3.93. The van der Waals surface area contributed by atoms with Gasteiger partial charge in [0.15, 0.2) is 11.5 Å². The van der Waals surface area contributed by atoms with E-state index in [0.717, 1.165) is 58.2 Å². The SMILES string of the molecule is COc1ccc(-c2cc(=NC[C@@H]3CCCO3)c3c(C)cc(C)cc3o2)cc1OC. The van der Waals surface area contributed by atoms with Gasteiger partial charge in [-0.3, -0.25) is 4.99 Å². The van der Waals surface area contributed by atoms with Gasteiger partial charge in [0, 0.05) is 23.6 Å². The van der Waals surface area contributed by atoms with Crippen molar-refractivity contribution in [3.8, 4) is 22.8 Å². The van der Waals surface area contributed by atoms with Crippen molar-refractivity contribution in [2.24, 2.45) is 4.99 Å². The molecule has 0 saturated carbocycles. The van der Waals surface area contributed by atoms with Crippen molar-refractivity contribution in [1.29, 1.82) is 0 Å². The molecular formula is C24H27NO4. The molecule has 1 saturated heterocycles. The second-order valence-corrected chi connectivity index (χ2v) is 7.50. The van der Waals surface area contributed by atoms with Gasteiger partial charge >= 0.3 is 0 Å². The van der Waals surface area contributed by atoms with E-state index < -0.39 is 0 Å². The van der Waals surface area contributed by atoms with E-state index in [1.807, 2.05) is 24.3 Å². The summed E-state index contributed by atoms with van der Waals surface area (Å²) < 4.78 is 22.9. The number of fused-ring (bicyclic) bond motifs is 1. The monoisotopic (exact) mass is 393 g/mol. The van der Waals surface area contributed by atoms with E-state index in [1.54, 1.807) is 14.2 Å². The largest absolute Gasteiger partial charge is 0.493 e. The van der Waals surface area contributed by atoms with Gasteiger partial charge in [-0.2, -0.15) is 0 Å². The van der Waals surface area contributed by atoms with E-state index in [0.29, 0.717) is 18.0 Å². The summed E-state index contributed by atoms with van der Waals surface area (Å²) in [6, 6.07) is 12.0. The minimum atomic E-state index is 0.206. The van der Waals surface area contributed by atoms with Gasteiger partial charge in [-0.1, -0.05) is 6.07 Å². The molecule has 0 unspecified atom stereocenters.